The van der Waals surface area contributed by atoms with Gasteiger partial charge in [0.05, 0.1) is 11.0 Å². The van der Waals surface area contributed by atoms with E-state index in [1.165, 1.54) is 0 Å². The molecular formula is C15H22N2O. The Labute approximate surface area is 108 Å². The molecule has 0 N–H and O–H groups in total. The zero-order chi connectivity index (χ0) is 13.3. The third-order valence-electron chi connectivity index (χ3n) is 3.42. The fraction of sp³-hybridized carbons (Fsp3) is 0.533. The summed E-state index contributed by atoms with van der Waals surface area (Å²) < 4.78 is 3.64. The van der Waals surface area contributed by atoms with Crippen LogP contribution in [-0.4, -0.2) is 9.13 Å². The van der Waals surface area contributed by atoms with Crippen LogP contribution in [0.1, 0.15) is 27.2 Å². The minimum atomic E-state index is 0.0896. The summed E-state index contributed by atoms with van der Waals surface area (Å²) in [5.74, 6) is 1.19. The highest BCUT2D eigenvalue weighted by molar-refractivity contribution is 5.75. The SMILES string of the molecule is CC(C)CC(C)Cn1c(=O)n(C)c2ccccc21. The predicted octanol–water partition coefficient (Wildman–Crippen LogP) is 3.02. The van der Waals surface area contributed by atoms with E-state index in [0.717, 1.165) is 24.0 Å². The molecular weight excluding hydrogens is 224 g/mol. The third kappa shape index (κ3) is 2.35. The van der Waals surface area contributed by atoms with Crippen LogP contribution in [0.25, 0.3) is 11.0 Å². The number of imidazole rings is 1. The van der Waals surface area contributed by atoms with Crippen molar-refractivity contribution >= 4 is 11.0 Å². The second-order valence-electron chi connectivity index (χ2n) is 5.68. The van der Waals surface area contributed by atoms with Crippen LogP contribution in [0.2, 0.25) is 0 Å². The number of aromatic nitrogens is 2. The van der Waals surface area contributed by atoms with Gasteiger partial charge >= 0.3 is 5.69 Å². The van der Waals surface area contributed by atoms with E-state index in [2.05, 4.69) is 20.8 Å². The quantitative estimate of drug-likeness (QED) is 0.814. The molecule has 0 amide bonds. The molecule has 0 saturated heterocycles. The van der Waals surface area contributed by atoms with E-state index in [4.69, 9.17) is 0 Å². The fourth-order valence-corrected chi connectivity index (χ4v) is 2.73. The minimum absolute atomic E-state index is 0.0896. The van der Waals surface area contributed by atoms with Crippen molar-refractivity contribution in [1.82, 2.24) is 9.13 Å². The highest BCUT2D eigenvalue weighted by Gasteiger charge is 2.13. The number of para-hydroxylation sites is 2. The van der Waals surface area contributed by atoms with E-state index in [1.54, 1.807) is 4.57 Å². The van der Waals surface area contributed by atoms with Crippen molar-refractivity contribution < 1.29 is 0 Å². The molecule has 0 aliphatic rings. The Bertz CT molecular complexity index is 592. The summed E-state index contributed by atoms with van der Waals surface area (Å²) >= 11 is 0. The fourth-order valence-electron chi connectivity index (χ4n) is 2.73. The molecule has 1 unspecified atom stereocenters. The molecule has 0 radical (unpaired) electrons. The number of fused-ring (bicyclic) bond motifs is 1. The maximum absolute atomic E-state index is 12.2. The lowest BCUT2D eigenvalue weighted by Gasteiger charge is -2.14. The molecule has 0 aliphatic carbocycles. The van der Waals surface area contributed by atoms with Crippen LogP contribution < -0.4 is 5.69 Å². The van der Waals surface area contributed by atoms with Crippen molar-refractivity contribution in [3.8, 4) is 0 Å². The molecule has 1 atom stereocenters. The van der Waals surface area contributed by atoms with Crippen molar-refractivity contribution in [3.63, 3.8) is 0 Å². The molecule has 0 saturated carbocycles. The number of hydrogen-bond acceptors (Lipinski definition) is 1. The monoisotopic (exact) mass is 246 g/mol. The smallest absolute Gasteiger partial charge is 0.295 e. The summed E-state index contributed by atoms with van der Waals surface area (Å²) in [5, 5.41) is 0. The average molecular weight is 246 g/mol. The van der Waals surface area contributed by atoms with Crippen LogP contribution in [0.4, 0.5) is 0 Å². The number of nitrogens with zero attached hydrogens (tertiary/aromatic N) is 2. The first-order valence-corrected chi connectivity index (χ1v) is 6.65. The van der Waals surface area contributed by atoms with Crippen LogP contribution in [0.5, 0.6) is 0 Å². The van der Waals surface area contributed by atoms with Crippen molar-refractivity contribution in [2.45, 2.75) is 33.7 Å². The van der Waals surface area contributed by atoms with Crippen LogP contribution in [0.3, 0.4) is 0 Å². The van der Waals surface area contributed by atoms with Crippen molar-refractivity contribution in [1.29, 1.82) is 0 Å². The van der Waals surface area contributed by atoms with E-state index in [-0.39, 0.29) is 5.69 Å². The number of aryl methyl sites for hydroxylation is 1. The third-order valence-corrected chi connectivity index (χ3v) is 3.42. The standard InChI is InChI=1S/C15H22N2O/c1-11(2)9-12(3)10-17-14-8-6-5-7-13(14)16(4)15(17)18/h5-8,11-12H,9-10H2,1-4H3. The molecule has 98 valence electrons. The molecule has 0 spiro atoms. The number of hydrogen-bond donors (Lipinski definition) is 0. The first kappa shape index (κ1) is 12.9. The van der Waals surface area contributed by atoms with Gasteiger partial charge in [0.25, 0.3) is 0 Å². The summed E-state index contributed by atoms with van der Waals surface area (Å²) in [6.07, 6.45) is 1.15. The predicted molar refractivity (Wildman–Crippen MR) is 75.8 cm³/mol. The first-order valence-electron chi connectivity index (χ1n) is 6.65. The van der Waals surface area contributed by atoms with Crippen molar-refractivity contribution in [3.05, 3.63) is 34.7 Å². The van der Waals surface area contributed by atoms with E-state index in [1.807, 2.05) is 35.9 Å². The summed E-state index contributed by atoms with van der Waals surface area (Å²) in [6.45, 7) is 7.47. The normalized spacial score (nSPS) is 13.4. The molecule has 1 aromatic heterocycles. The molecule has 0 aliphatic heterocycles. The molecule has 2 aromatic rings. The Morgan fingerprint density at radius 3 is 2.33 bits per heavy atom. The zero-order valence-electron chi connectivity index (χ0n) is 11.7. The molecule has 0 fully saturated rings. The van der Waals surface area contributed by atoms with E-state index >= 15 is 0 Å². The lowest BCUT2D eigenvalue weighted by atomic mass is 9.99. The molecule has 3 heteroatoms. The highest BCUT2D eigenvalue weighted by Crippen LogP contribution is 2.17. The number of rotatable bonds is 4. The van der Waals surface area contributed by atoms with Crippen LogP contribution in [0.15, 0.2) is 29.1 Å². The maximum Gasteiger partial charge on any atom is 0.328 e. The molecule has 1 aromatic carbocycles. The Kier molecular flexibility index (Phi) is 3.60. The van der Waals surface area contributed by atoms with Gasteiger partial charge in [0.2, 0.25) is 0 Å². The van der Waals surface area contributed by atoms with Gasteiger partial charge in [-0.15, -0.1) is 0 Å². The van der Waals surface area contributed by atoms with Gasteiger partial charge in [-0.3, -0.25) is 9.13 Å². The Balaban J connectivity index is 2.39. The highest BCUT2D eigenvalue weighted by atomic mass is 16.1. The summed E-state index contributed by atoms with van der Waals surface area (Å²) in [7, 11) is 1.84. The summed E-state index contributed by atoms with van der Waals surface area (Å²) in [4.78, 5) is 12.2. The first-order chi connectivity index (χ1) is 8.50. The van der Waals surface area contributed by atoms with Gasteiger partial charge in [0.1, 0.15) is 0 Å². The molecule has 18 heavy (non-hydrogen) atoms. The number of benzene rings is 1. The van der Waals surface area contributed by atoms with Gasteiger partial charge in [0.15, 0.2) is 0 Å². The van der Waals surface area contributed by atoms with Crippen LogP contribution >= 0.6 is 0 Å². The zero-order valence-corrected chi connectivity index (χ0v) is 11.7. The average Bonchev–Trinajstić information content (AvgIpc) is 2.54. The van der Waals surface area contributed by atoms with Gasteiger partial charge in [-0.1, -0.05) is 32.9 Å². The Morgan fingerprint density at radius 2 is 1.72 bits per heavy atom. The maximum atomic E-state index is 12.2. The van der Waals surface area contributed by atoms with E-state index in [0.29, 0.717) is 11.8 Å². The van der Waals surface area contributed by atoms with Crippen LogP contribution in [0, 0.1) is 11.8 Å². The lowest BCUT2D eigenvalue weighted by Crippen LogP contribution is -2.25. The minimum Gasteiger partial charge on any atom is -0.295 e. The van der Waals surface area contributed by atoms with Gasteiger partial charge in [-0.2, -0.15) is 0 Å². The van der Waals surface area contributed by atoms with Crippen LogP contribution in [-0.2, 0) is 13.6 Å². The van der Waals surface area contributed by atoms with Gasteiger partial charge in [0, 0.05) is 13.6 Å². The lowest BCUT2D eigenvalue weighted by molar-refractivity contribution is 0.388. The van der Waals surface area contributed by atoms with E-state index < -0.39 is 0 Å². The molecule has 1 heterocycles. The Hall–Kier alpha value is -1.51. The summed E-state index contributed by atoms with van der Waals surface area (Å²) in [6, 6.07) is 7.99. The van der Waals surface area contributed by atoms with Gasteiger partial charge in [-0.25, -0.2) is 4.79 Å². The van der Waals surface area contributed by atoms with Crippen molar-refractivity contribution in [2.75, 3.05) is 0 Å². The largest absolute Gasteiger partial charge is 0.328 e. The molecule has 2 rings (SSSR count). The second-order valence-corrected chi connectivity index (χ2v) is 5.68. The molecule has 0 bridgehead atoms. The van der Waals surface area contributed by atoms with Gasteiger partial charge < -0.3 is 0 Å². The van der Waals surface area contributed by atoms with Crippen molar-refractivity contribution in [2.24, 2.45) is 18.9 Å². The van der Waals surface area contributed by atoms with Gasteiger partial charge in [-0.05, 0) is 30.4 Å². The second kappa shape index (κ2) is 5.01. The Morgan fingerprint density at radius 1 is 1.11 bits per heavy atom. The summed E-state index contributed by atoms with van der Waals surface area (Å²) in [5.41, 5.74) is 2.15. The topological polar surface area (TPSA) is 26.9 Å². The van der Waals surface area contributed by atoms with E-state index in [9.17, 15) is 4.79 Å². The molecule has 3 nitrogen and oxygen atoms in total.